The van der Waals surface area contributed by atoms with Crippen molar-refractivity contribution in [2.75, 3.05) is 12.4 Å². The van der Waals surface area contributed by atoms with Gasteiger partial charge in [0.1, 0.15) is 5.75 Å². The van der Waals surface area contributed by atoms with Crippen LogP contribution in [0.3, 0.4) is 0 Å². The van der Waals surface area contributed by atoms with E-state index < -0.39 is 0 Å². The quantitative estimate of drug-likeness (QED) is 0.414. The molecule has 3 aromatic carbocycles. The molecule has 0 bridgehead atoms. The van der Waals surface area contributed by atoms with Gasteiger partial charge in [0.25, 0.3) is 5.56 Å². The molecule has 1 aliphatic heterocycles. The van der Waals surface area contributed by atoms with Crippen molar-refractivity contribution < 1.29 is 4.74 Å². The molecule has 6 rings (SSSR count). The van der Waals surface area contributed by atoms with Crippen LogP contribution in [-0.2, 0) is 14.1 Å². The first kappa shape index (κ1) is 22.0. The summed E-state index contributed by atoms with van der Waals surface area (Å²) in [6.45, 7) is 2.04. The second-order valence-corrected chi connectivity index (χ2v) is 9.18. The van der Waals surface area contributed by atoms with E-state index >= 15 is 0 Å². The third-order valence-electron chi connectivity index (χ3n) is 7.18. The van der Waals surface area contributed by atoms with Crippen LogP contribution in [0.1, 0.15) is 22.9 Å². The molecule has 2 aromatic heterocycles. The summed E-state index contributed by atoms with van der Waals surface area (Å²) in [5.74, 6) is 0.761. The predicted octanol–water partition coefficient (Wildman–Crippen LogP) is 4.53. The minimum atomic E-state index is -0.357. The zero-order chi connectivity index (χ0) is 25.1. The molecule has 3 heterocycles. The molecule has 0 aliphatic carbocycles. The summed E-state index contributed by atoms with van der Waals surface area (Å²) >= 11 is 0. The van der Waals surface area contributed by atoms with Gasteiger partial charge >= 0.3 is 5.69 Å². The van der Waals surface area contributed by atoms with Crippen LogP contribution in [0.25, 0.3) is 27.8 Å². The first-order chi connectivity index (χ1) is 17.4. The summed E-state index contributed by atoms with van der Waals surface area (Å²) in [4.78, 5) is 26.9. The van der Waals surface area contributed by atoms with Gasteiger partial charge in [0.2, 0.25) is 0 Å². The number of para-hydroxylation sites is 2. The highest BCUT2D eigenvalue weighted by Crippen LogP contribution is 2.45. The van der Waals surface area contributed by atoms with Gasteiger partial charge in [0.15, 0.2) is 0 Å². The Kier molecular flexibility index (Phi) is 4.89. The van der Waals surface area contributed by atoms with Crippen LogP contribution >= 0.6 is 0 Å². The number of aryl methyl sites for hydroxylation is 2. The maximum absolute atomic E-state index is 13.8. The van der Waals surface area contributed by atoms with Gasteiger partial charge in [0, 0.05) is 19.7 Å². The molecule has 180 valence electrons. The van der Waals surface area contributed by atoms with E-state index in [-0.39, 0.29) is 17.3 Å². The molecule has 1 N–H and O–H groups in total. The highest BCUT2D eigenvalue weighted by molar-refractivity contribution is 5.99. The average molecular weight is 479 g/mol. The standard InChI is InChI=1S/C29H26N4O3/c1-17-9-5-6-10-20(17)25-23-26(31(2)29(35)32(3)28(23)34)27-24(18-13-15-19(36-4)16-14-18)30-21-11-7-8-12-22(21)33(25)27/h5-16,24,30H,1-4H3/t24-/m0/s1. The van der Waals surface area contributed by atoms with Crippen molar-refractivity contribution in [2.45, 2.75) is 13.0 Å². The van der Waals surface area contributed by atoms with Gasteiger partial charge in [-0.2, -0.15) is 0 Å². The third-order valence-corrected chi connectivity index (χ3v) is 7.18. The van der Waals surface area contributed by atoms with Crippen molar-refractivity contribution >= 4 is 16.6 Å². The Labute approximate surface area is 207 Å². The normalized spacial score (nSPS) is 14.3. The summed E-state index contributed by atoms with van der Waals surface area (Å²) in [6, 6.07) is 23.7. The Hall–Kier alpha value is -4.52. The summed E-state index contributed by atoms with van der Waals surface area (Å²) in [7, 11) is 4.91. The monoisotopic (exact) mass is 478 g/mol. The minimum Gasteiger partial charge on any atom is -0.497 e. The Morgan fingerprint density at radius 2 is 1.56 bits per heavy atom. The second-order valence-electron chi connectivity index (χ2n) is 9.18. The fourth-order valence-corrected chi connectivity index (χ4v) is 5.36. The van der Waals surface area contributed by atoms with Crippen molar-refractivity contribution in [1.82, 2.24) is 13.7 Å². The lowest BCUT2D eigenvalue weighted by molar-refractivity contribution is 0.414. The molecule has 1 atom stereocenters. The van der Waals surface area contributed by atoms with Crippen LogP contribution in [-0.4, -0.2) is 20.8 Å². The zero-order valence-corrected chi connectivity index (χ0v) is 20.6. The van der Waals surface area contributed by atoms with Crippen LogP contribution in [0.5, 0.6) is 5.75 Å². The Morgan fingerprint density at radius 1 is 0.861 bits per heavy atom. The highest BCUT2D eigenvalue weighted by Gasteiger charge is 2.35. The lowest BCUT2D eigenvalue weighted by atomic mass is 9.99. The average Bonchev–Trinajstić information content (AvgIpc) is 3.27. The summed E-state index contributed by atoms with van der Waals surface area (Å²) in [6.07, 6.45) is 0. The molecule has 0 saturated heterocycles. The Morgan fingerprint density at radius 3 is 2.28 bits per heavy atom. The molecule has 0 amide bonds. The van der Waals surface area contributed by atoms with Crippen molar-refractivity contribution in [1.29, 1.82) is 0 Å². The number of ether oxygens (including phenoxy) is 1. The minimum absolute atomic E-state index is 0.302. The molecule has 7 heteroatoms. The first-order valence-electron chi connectivity index (χ1n) is 11.8. The van der Waals surface area contributed by atoms with E-state index in [2.05, 4.69) is 9.88 Å². The molecule has 7 nitrogen and oxygen atoms in total. The molecular formula is C29H26N4O3. The molecular weight excluding hydrogens is 452 g/mol. The van der Waals surface area contributed by atoms with E-state index in [1.807, 2.05) is 79.7 Å². The largest absolute Gasteiger partial charge is 0.497 e. The number of methoxy groups -OCH3 is 1. The van der Waals surface area contributed by atoms with Crippen LogP contribution in [0.2, 0.25) is 0 Å². The number of hydrogen-bond acceptors (Lipinski definition) is 4. The van der Waals surface area contributed by atoms with Gasteiger partial charge in [-0.3, -0.25) is 13.9 Å². The first-order valence-corrected chi connectivity index (χ1v) is 11.8. The van der Waals surface area contributed by atoms with Crippen molar-refractivity contribution in [2.24, 2.45) is 14.1 Å². The van der Waals surface area contributed by atoms with Gasteiger partial charge in [-0.1, -0.05) is 48.5 Å². The summed E-state index contributed by atoms with van der Waals surface area (Å²) in [5, 5.41) is 4.20. The maximum atomic E-state index is 13.8. The fourth-order valence-electron chi connectivity index (χ4n) is 5.36. The van der Waals surface area contributed by atoms with Gasteiger partial charge in [-0.25, -0.2) is 4.79 Å². The molecule has 0 fully saturated rings. The lowest BCUT2D eigenvalue weighted by Crippen LogP contribution is -2.37. The summed E-state index contributed by atoms with van der Waals surface area (Å²) in [5.41, 5.74) is 6.49. The molecule has 0 saturated carbocycles. The summed E-state index contributed by atoms with van der Waals surface area (Å²) < 4.78 is 10.3. The Bertz CT molecular complexity index is 1770. The fraction of sp³-hybridized carbons (Fsp3) is 0.172. The van der Waals surface area contributed by atoms with Crippen molar-refractivity contribution in [3.8, 4) is 22.7 Å². The molecule has 36 heavy (non-hydrogen) atoms. The maximum Gasteiger partial charge on any atom is 0.331 e. The van der Waals surface area contributed by atoms with E-state index in [0.29, 0.717) is 10.9 Å². The van der Waals surface area contributed by atoms with E-state index in [1.54, 1.807) is 18.7 Å². The smallest absolute Gasteiger partial charge is 0.331 e. The predicted molar refractivity (Wildman–Crippen MR) is 142 cm³/mol. The number of aromatic nitrogens is 3. The van der Waals surface area contributed by atoms with Crippen LogP contribution in [0, 0.1) is 6.92 Å². The van der Waals surface area contributed by atoms with Gasteiger partial charge < -0.3 is 14.6 Å². The number of fused-ring (bicyclic) bond motifs is 5. The molecule has 0 unspecified atom stereocenters. The molecule has 5 aromatic rings. The topological polar surface area (TPSA) is 70.2 Å². The van der Waals surface area contributed by atoms with Gasteiger partial charge in [-0.05, 0) is 42.3 Å². The lowest BCUT2D eigenvalue weighted by Gasteiger charge is -2.31. The highest BCUT2D eigenvalue weighted by atomic mass is 16.5. The zero-order valence-electron chi connectivity index (χ0n) is 20.6. The van der Waals surface area contributed by atoms with Crippen LogP contribution < -0.4 is 21.3 Å². The number of hydrogen-bond donors (Lipinski definition) is 1. The van der Waals surface area contributed by atoms with E-state index in [1.165, 1.54) is 11.6 Å². The van der Waals surface area contributed by atoms with E-state index in [9.17, 15) is 9.59 Å². The van der Waals surface area contributed by atoms with Crippen LogP contribution in [0.15, 0.2) is 82.4 Å². The van der Waals surface area contributed by atoms with E-state index in [0.717, 1.165) is 45.2 Å². The number of rotatable bonds is 3. The van der Waals surface area contributed by atoms with Crippen molar-refractivity contribution in [3.05, 3.63) is 110 Å². The van der Waals surface area contributed by atoms with E-state index in [4.69, 9.17) is 4.74 Å². The van der Waals surface area contributed by atoms with Crippen LogP contribution in [0.4, 0.5) is 5.69 Å². The van der Waals surface area contributed by atoms with Gasteiger partial charge in [-0.15, -0.1) is 0 Å². The SMILES string of the molecule is COc1ccc([C@@H]2Nc3ccccc3-n3c(-c4ccccc4C)c4c(=O)n(C)c(=O)n(C)c4c32)cc1. The molecule has 0 spiro atoms. The van der Waals surface area contributed by atoms with Crippen molar-refractivity contribution in [3.63, 3.8) is 0 Å². The van der Waals surface area contributed by atoms with Gasteiger partial charge in [0.05, 0.1) is 46.8 Å². The number of benzene rings is 3. The number of anilines is 1. The number of nitrogens with one attached hydrogen (secondary N) is 1. The Balaban J connectivity index is 1.84. The third kappa shape index (κ3) is 2.99. The second kappa shape index (κ2) is 8.02. The molecule has 1 aliphatic rings. The molecule has 0 radical (unpaired) electrons. The number of nitrogens with zero attached hydrogens (tertiary/aromatic N) is 3.